The lowest BCUT2D eigenvalue weighted by atomic mass is 10.1. The summed E-state index contributed by atoms with van der Waals surface area (Å²) in [6.45, 7) is 1.96. The number of methoxy groups -OCH3 is 1. The quantitative estimate of drug-likeness (QED) is 0.750. The molecule has 2 aromatic rings. The molecule has 0 unspecified atom stereocenters. The molecule has 1 aliphatic rings. The number of phenolic OH excluding ortho intramolecular Hbond substituents is 1. The van der Waals surface area contributed by atoms with Crippen LogP contribution in [0.25, 0.3) is 0 Å². The number of H-pyrrole nitrogens is 2. The lowest BCUT2D eigenvalue weighted by Crippen LogP contribution is -2.34. The van der Waals surface area contributed by atoms with Crippen LogP contribution in [0.15, 0.2) is 23.0 Å². The van der Waals surface area contributed by atoms with Crippen molar-refractivity contribution in [3.8, 4) is 11.5 Å². The molecule has 0 atom stereocenters. The summed E-state index contributed by atoms with van der Waals surface area (Å²) in [5, 5.41) is 10.1. The van der Waals surface area contributed by atoms with Gasteiger partial charge in [-0.15, -0.1) is 0 Å². The Bertz CT molecular complexity index is 812. The van der Waals surface area contributed by atoms with Gasteiger partial charge >= 0.3 is 0 Å². The molecule has 3 rings (SSSR count). The molecule has 1 aliphatic heterocycles. The van der Waals surface area contributed by atoms with Crippen molar-refractivity contribution in [2.24, 2.45) is 0 Å². The maximum absolute atomic E-state index is 11.9. The first-order chi connectivity index (χ1) is 10.6. The highest BCUT2D eigenvalue weighted by Gasteiger charge is 2.20. The molecule has 0 spiro atoms. The largest absolute Gasteiger partial charge is 0.507 e. The van der Waals surface area contributed by atoms with Crippen molar-refractivity contribution in [3.63, 3.8) is 0 Å². The van der Waals surface area contributed by atoms with E-state index in [1.54, 1.807) is 13.2 Å². The number of ether oxygens (including phenoxy) is 1. The molecule has 0 radical (unpaired) electrons. The third kappa shape index (κ3) is 2.90. The summed E-state index contributed by atoms with van der Waals surface area (Å²) in [6.07, 6.45) is 0.660. The highest BCUT2D eigenvalue weighted by Crippen LogP contribution is 2.26. The van der Waals surface area contributed by atoms with Gasteiger partial charge in [0.25, 0.3) is 5.56 Å². The Labute approximate surface area is 132 Å². The zero-order chi connectivity index (χ0) is 15.7. The Morgan fingerprint density at radius 1 is 1.41 bits per heavy atom. The summed E-state index contributed by atoms with van der Waals surface area (Å²) < 4.78 is 5.43. The number of nitrogens with zero attached hydrogens (tertiary/aromatic N) is 1. The molecule has 6 nitrogen and oxygen atoms in total. The number of rotatable bonds is 3. The van der Waals surface area contributed by atoms with Crippen molar-refractivity contribution in [2.45, 2.75) is 19.5 Å². The Kier molecular flexibility index (Phi) is 4.00. The molecule has 116 valence electrons. The number of fused-ring (bicyclic) bond motifs is 1. The van der Waals surface area contributed by atoms with E-state index in [2.05, 4.69) is 14.9 Å². The lowest BCUT2D eigenvalue weighted by Gasteiger charge is -2.28. The summed E-state index contributed by atoms with van der Waals surface area (Å²) in [7, 11) is 1.57. The smallest absolute Gasteiger partial charge is 0.255 e. The molecule has 0 fully saturated rings. The van der Waals surface area contributed by atoms with Crippen LogP contribution in [-0.4, -0.2) is 33.6 Å². The first-order valence-electron chi connectivity index (χ1n) is 6.99. The van der Waals surface area contributed by atoms with Gasteiger partial charge in [0.15, 0.2) is 4.77 Å². The summed E-state index contributed by atoms with van der Waals surface area (Å²) in [6, 6.07) is 5.28. The maximum Gasteiger partial charge on any atom is 0.255 e. The van der Waals surface area contributed by atoms with Gasteiger partial charge in [-0.2, -0.15) is 0 Å². The predicted molar refractivity (Wildman–Crippen MR) is 84.7 cm³/mol. The molecule has 0 aliphatic carbocycles. The van der Waals surface area contributed by atoms with Crippen molar-refractivity contribution in [3.05, 3.63) is 50.1 Å². The van der Waals surface area contributed by atoms with Gasteiger partial charge in [-0.25, -0.2) is 0 Å². The van der Waals surface area contributed by atoms with Gasteiger partial charge in [0, 0.05) is 42.5 Å². The highest BCUT2D eigenvalue weighted by atomic mass is 32.1. The normalized spacial score (nSPS) is 14.6. The molecular weight excluding hydrogens is 302 g/mol. The van der Waals surface area contributed by atoms with Crippen LogP contribution in [0.1, 0.15) is 16.8 Å². The monoisotopic (exact) mass is 319 g/mol. The number of aromatic amines is 2. The van der Waals surface area contributed by atoms with Crippen LogP contribution in [0.5, 0.6) is 11.5 Å². The average Bonchev–Trinajstić information content (AvgIpc) is 2.48. The average molecular weight is 319 g/mol. The van der Waals surface area contributed by atoms with Crippen molar-refractivity contribution in [1.29, 1.82) is 0 Å². The topological polar surface area (TPSA) is 81.3 Å². The number of hydrogen-bond donors (Lipinski definition) is 3. The SMILES string of the molecule is COc1ccc(CN2CCc3c([nH]c(=S)[nH]c3=O)C2)c(O)c1. The van der Waals surface area contributed by atoms with E-state index in [0.29, 0.717) is 30.0 Å². The number of nitrogens with one attached hydrogen (secondary N) is 2. The summed E-state index contributed by atoms with van der Waals surface area (Å²) >= 11 is 5.02. The molecule has 1 aromatic carbocycles. The van der Waals surface area contributed by atoms with E-state index in [9.17, 15) is 9.90 Å². The Balaban J connectivity index is 1.81. The standard InChI is InChI=1S/C15H17N3O3S/c1-21-10-3-2-9(13(19)6-10)7-18-5-4-11-12(8-18)16-15(22)17-14(11)20/h2-3,6,19H,4-5,7-8H2,1H3,(H2,16,17,20,22). The van der Waals surface area contributed by atoms with E-state index in [4.69, 9.17) is 17.0 Å². The fourth-order valence-electron chi connectivity index (χ4n) is 2.71. The third-order valence-corrected chi connectivity index (χ3v) is 4.08. The van der Waals surface area contributed by atoms with Gasteiger partial charge in [-0.1, -0.05) is 6.07 Å². The minimum atomic E-state index is -0.106. The van der Waals surface area contributed by atoms with Crippen molar-refractivity contribution >= 4 is 12.2 Å². The second-order valence-corrected chi connectivity index (χ2v) is 5.73. The van der Waals surface area contributed by atoms with Crippen LogP contribution in [0.3, 0.4) is 0 Å². The van der Waals surface area contributed by atoms with E-state index in [0.717, 1.165) is 23.4 Å². The van der Waals surface area contributed by atoms with E-state index in [-0.39, 0.29) is 11.3 Å². The minimum absolute atomic E-state index is 0.106. The molecule has 0 bridgehead atoms. The molecule has 0 saturated heterocycles. The molecule has 2 heterocycles. The second kappa shape index (κ2) is 5.94. The number of phenols is 1. The second-order valence-electron chi connectivity index (χ2n) is 5.32. The molecule has 7 heteroatoms. The van der Waals surface area contributed by atoms with Gasteiger partial charge < -0.3 is 14.8 Å². The number of hydrogen-bond acceptors (Lipinski definition) is 5. The van der Waals surface area contributed by atoms with Crippen LogP contribution in [0.4, 0.5) is 0 Å². The number of aromatic nitrogens is 2. The van der Waals surface area contributed by atoms with E-state index in [1.807, 2.05) is 12.1 Å². The van der Waals surface area contributed by atoms with E-state index < -0.39 is 0 Å². The first-order valence-corrected chi connectivity index (χ1v) is 7.40. The summed E-state index contributed by atoms with van der Waals surface area (Å²) in [5.74, 6) is 0.838. The Morgan fingerprint density at radius 2 is 2.23 bits per heavy atom. The van der Waals surface area contributed by atoms with Gasteiger partial charge in [0.1, 0.15) is 11.5 Å². The van der Waals surface area contributed by atoms with Crippen molar-refractivity contribution in [2.75, 3.05) is 13.7 Å². The summed E-state index contributed by atoms with van der Waals surface area (Å²) in [4.78, 5) is 19.7. The molecule has 1 aromatic heterocycles. The fourth-order valence-corrected chi connectivity index (χ4v) is 2.93. The van der Waals surface area contributed by atoms with Gasteiger partial charge in [0.2, 0.25) is 0 Å². The maximum atomic E-state index is 11.9. The zero-order valence-corrected chi connectivity index (χ0v) is 13.0. The number of benzene rings is 1. The van der Waals surface area contributed by atoms with Gasteiger partial charge in [-0.3, -0.25) is 14.7 Å². The van der Waals surface area contributed by atoms with Gasteiger partial charge in [0.05, 0.1) is 7.11 Å². The van der Waals surface area contributed by atoms with Crippen LogP contribution >= 0.6 is 12.2 Å². The van der Waals surface area contributed by atoms with Gasteiger partial charge in [-0.05, 0) is 24.7 Å². The lowest BCUT2D eigenvalue weighted by molar-refractivity contribution is 0.237. The highest BCUT2D eigenvalue weighted by molar-refractivity contribution is 7.71. The minimum Gasteiger partial charge on any atom is -0.507 e. The predicted octanol–water partition coefficient (Wildman–Crippen LogP) is 1.70. The molecule has 3 N–H and O–H groups in total. The molecular formula is C15H17N3O3S. The molecule has 0 amide bonds. The van der Waals surface area contributed by atoms with E-state index >= 15 is 0 Å². The van der Waals surface area contributed by atoms with Crippen molar-refractivity contribution in [1.82, 2.24) is 14.9 Å². The summed E-state index contributed by atoms with van der Waals surface area (Å²) in [5.41, 5.74) is 2.34. The molecule has 0 saturated carbocycles. The van der Waals surface area contributed by atoms with Crippen LogP contribution < -0.4 is 10.3 Å². The third-order valence-electron chi connectivity index (χ3n) is 3.88. The zero-order valence-electron chi connectivity index (χ0n) is 12.2. The van der Waals surface area contributed by atoms with E-state index in [1.165, 1.54) is 0 Å². The van der Waals surface area contributed by atoms with Crippen molar-refractivity contribution < 1.29 is 9.84 Å². The van der Waals surface area contributed by atoms with Crippen LogP contribution in [0.2, 0.25) is 0 Å². The Hall–Kier alpha value is -2.12. The fraction of sp³-hybridized carbons (Fsp3) is 0.333. The Morgan fingerprint density at radius 3 is 2.95 bits per heavy atom. The van der Waals surface area contributed by atoms with Crippen LogP contribution in [0, 0.1) is 4.77 Å². The molecule has 22 heavy (non-hydrogen) atoms. The number of aromatic hydroxyl groups is 1. The first kappa shape index (κ1) is 14.8. The van der Waals surface area contributed by atoms with Crippen LogP contribution in [-0.2, 0) is 19.5 Å².